The number of nitrogens with one attached hydrogen (secondary N) is 1. The van der Waals surface area contributed by atoms with Gasteiger partial charge in [0.05, 0.1) is 16.6 Å². The summed E-state index contributed by atoms with van der Waals surface area (Å²) in [5.41, 5.74) is -0.0854. The number of amides is 2. The van der Waals surface area contributed by atoms with Gasteiger partial charge in [0.1, 0.15) is 0 Å². The van der Waals surface area contributed by atoms with Crippen molar-refractivity contribution < 1.29 is 19.1 Å². The lowest BCUT2D eigenvalue weighted by atomic mass is 9.91. The molecule has 8 heteroatoms. The molecule has 154 valence electrons. The Morgan fingerprint density at radius 1 is 1.18 bits per heavy atom. The molecule has 0 bridgehead atoms. The third-order valence-corrected chi connectivity index (χ3v) is 5.17. The fourth-order valence-electron chi connectivity index (χ4n) is 2.94. The molecule has 28 heavy (non-hydrogen) atoms. The van der Waals surface area contributed by atoms with Crippen molar-refractivity contribution in [1.82, 2.24) is 4.90 Å². The first-order valence-corrected chi connectivity index (χ1v) is 10.0. The van der Waals surface area contributed by atoms with Crippen LogP contribution >= 0.6 is 23.2 Å². The van der Waals surface area contributed by atoms with Crippen molar-refractivity contribution >= 4 is 46.7 Å². The second-order valence-electron chi connectivity index (χ2n) is 8.01. The summed E-state index contributed by atoms with van der Waals surface area (Å²) < 4.78 is 5.33. The van der Waals surface area contributed by atoms with Crippen molar-refractivity contribution in [1.29, 1.82) is 0 Å². The van der Waals surface area contributed by atoms with E-state index in [0.29, 0.717) is 41.7 Å². The van der Waals surface area contributed by atoms with Crippen LogP contribution in [0.5, 0.6) is 0 Å². The number of piperidine rings is 1. The molecule has 0 saturated carbocycles. The molecule has 2 rings (SSSR count). The smallest absolute Gasteiger partial charge is 0.309 e. The van der Waals surface area contributed by atoms with Gasteiger partial charge in [-0.1, -0.05) is 44.0 Å². The SMILES string of the molecule is CC(OC(=O)C1CCN(C(=O)C(C)(C)C)CC1)C(=O)Nc1cc(Cl)ccc1Cl. The maximum atomic E-state index is 12.4. The van der Waals surface area contributed by atoms with E-state index >= 15 is 0 Å². The highest BCUT2D eigenvalue weighted by Gasteiger charge is 2.34. The lowest BCUT2D eigenvalue weighted by Gasteiger charge is -2.35. The van der Waals surface area contributed by atoms with Crippen molar-refractivity contribution in [3.05, 3.63) is 28.2 Å². The van der Waals surface area contributed by atoms with E-state index in [9.17, 15) is 14.4 Å². The summed E-state index contributed by atoms with van der Waals surface area (Å²) >= 11 is 11.9. The summed E-state index contributed by atoms with van der Waals surface area (Å²) in [6, 6.07) is 4.71. The van der Waals surface area contributed by atoms with Crippen molar-refractivity contribution in [2.75, 3.05) is 18.4 Å². The maximum Gasteiger partial charge on any atom is 0.309 e. The highest BCUT2D eigenvalue weighted by atomic mass is 35.5. The first-order chi connectivity index (χ1) is 13.0. The summed E-state index contributed by atoms with van der Waals surface area (Å²) in [6.45, 7) is 8.15. The summed E-state index contributed by atoms with van der Waals surface area (Å²) in [6.07, 6.45) is 0.0707. The van der Waals surface area contributed by atoms with Gasteiger partial charge in [0.15, 0.2) is 6.10 Å². The quantitative estimate of drug-likeness (QED) is 0.730. The molecular formula is C20H26Cl2N2O4. The molecule has 0 aromatic heterocycles. The summed E-state index contributed by atoms with van der Waals surface area (Å²) in [5, 5.41) is 3.38. The average molecular weight is 429 g/mol. The molecule has 1 aromatic carbocycles. The number of carbonyl (C=O) groups excluding carboxylic acids is 3. The van der Waals surface area contributed by atoms with Gasteiger partial charge in [0.25, 0.3) is 5.91 Å². The minimum absolute atomic E-state index is 0.0745. The monoisotopic (exact) mass is 428 g/mol. The Labute approximate surface area is 175 Å². The van der Waals surface area contributed by atoms with Crippen LogP contribution in [0.25, 0.3) is 0 Å². The molecule has 1 unspecified atom stereocenters. The Bertz CT molecular complexity index is 753. The van der Waals surface area contributed by atoms with Gasteiger partial charge >= 0.3 is 5.97 Å². The van der Waals surface area contributed by atoms with Gasteiger partial charge in [-0.05, 0) is 38.0 Å². The minimum atomic E-state index is -0.975. The van der Waals surface area contributed by atoms with E-state index in [2.05, 4.69) is 5.32 Å². The molecule has 6 nitrogen and oxygen atoms in total. The Hall–Kier alpha value is -1.79. The average Bonchev–Trinajstić information content (AvgIpc) is 2.63. The van der Waals surface area contributed by atoms with Gasteiger partial charge in [-0.2, -0.15) is 0 Å². The van der Waals surface area contributed by atoms with E-state index in [-0.39, 0.29) is 11.8 Å². The molecule has 2 amide bonds. The largest absolute Gasteiger partial charge is 0.452 e. The lowest BCUT2D eigenvalue weighted by Crippen LogP contribution is -2.45. The predicted molar refractivity (Wildman–Crippen MR) is 109 cm³/mol. The number of benzene rings is 1. The van der Waals surface area contributed by atoms with E-state index in [4.69, 9.17) is 27.9 Å². The van der Waals surface area contributed by atoms with Gasteiger partial charge in [-0.15, -0.1) is 0 Å². The van der Waals surface area contributed by atoms with E-state index in [1.165, 1.54) is 13.0 Å². The number of esters is 1. The van der Waals surface area contributed by atoms with E-state index in [1.807, 2.05) is 20.8 Å². The number of rotatable bonds is 4. The Kier molecular flexibility index (Phi) is 7.34. The van der Waals surface area contributed by atoms with Crippen LogP contribution in [0, 0.1) is 11.3 Å². The predicted octanol–water partition coefficient (Wildman–Crippen LogP) is 4.15. The standard InChI is InChI=1S/C20H26Cl2N2O4/c1-12(17(25)23-16-11-14(21)5-6-15(16)22)28-18(26)13-7-9-24(10-8-13)19(27)20(2,3)4/h5-6,11-13H,7-10H2,1-4H3,(H,23,25). The molecular weight excluding hydrogens is 403 g/mol. The maximum absolute atomic E-state index is 12.4. The van der Waals surface area contributed by atoms with E-state index in [1.54, 1.807) is 17.0 Å². The Morgan fingerprint density at radius 3 is 2.36 bits per heavy atom. The van der Waals surface area contributed by atoms with Crippen LogP contribution < -0.4 is 5.32 Å². The summed E-state index contributed by atoms with van der Waals surface area (Å²) in [5.74, 6) is -1.17. The van der Waals surface area contributed by atoms with Crippen molar-refractivity contribution in [3.63, 3.8) is 0 Å². The normalized spacial score (nSPS) is 16.4. The van der Waals surface area contributed by atoms with Crippen LogP contribution in [-0.4, -0.2) is 41.9 Å². The van der Waals surface area contributed by atoms with Crippen molar-refractivity contribution in [2.24, 2.45) is 11.3 Å². The molecule has 1 heterocycles. The number of ether oxygens (including phenoxy) is 1. The van der Waals surface area contributed by atoms with Crippen LogP contribution in [-0.2, 0) is 19.1 Å². The number of anilines is 1. The first kappa shape index (κ1) is 22.5. The molecule has 1 saturated heterocycles. The second-order valence-corrected chi connectivity index (χ2v) is 8.85. The Balaban J connectivity index is 1.86. The molecule has 1 aliphatic rings. The topological polar surface area (TPSA) is 75.7 Å². The van der Waals surface area contributed by atoms with Gasteiger partial charge in [-0.3, -0.25) is 14.4 Å². The molecule has 1 atom stereocenters. The molecule has 0 spiro atoms. The molecule has 1 N–H and O–H groups in total. The van der Waals surface area contributed by atoms with Gasteiger partial charge in [0, 0.05) is 23.5 Å². The third-order valence-electron chi connectivity index (χ3n) is 4.61. The number of hydrogen-bond acceptors (Lipinski definition) is 4. The first-order valence-electron chi connectivity index (χ1n) is 9.25. The van der Waals surface area contributed by atoms with Gasteiger partial charge in [0.2, 0.25) is 5.91 Å². The van der Waals surface area contributed by atoms with Crippen molar-refractivity contribution in [2.45, 2.75) is 46.6 Å². The number of halogens is 2. The molecule has 0 aliphatic carbocycles. The zero-order chi connectivity index (χ0) is 21.1. The minimum Gasteiger partial charge on any atom is -0.452 e. The van der Waals surface area contributed by atoms with Gasteiger partial charge in [-0.25, -0.2) is 0 Å². The van der Waals surface area contributed by atoms with Gasteiger partial charge < -0.3 is 15.0 Å². The highest BCUT2D eigenvalue weighted by Crippen LogP contribution is 2.27. The highest BCUT2D eigenvalue weighted by molar-refractivity contribution is 6.35. The molecule has 1 aromatic rings. The number of nitrogens with zero attached hydrogens (tertiary/aromatic N) is 1. The zero-order valence-electron chi connectivity index (χ0n) is 16.6. The number of hydrogen-bond donors (Lipinski definition) is 1. The van der Waals surface area contributed by atoms with Crippen LogP contribution in [0.2, 0.25) is 10.0 Å². The number of likely N-dealkylation sites (tertiary alicyclic amines) is 1. The molecule has 1 aliphatic heterocycles. The Morgan fingerprint density at radius 2 is 1.79 bits per heavy atom. The van der Waals surface area contributed by atoms with Crippen LogP contribution in [0.15, 0.2) is 18.2 Å². The fraction of sp³-hybridized carbons (Fsp3) is 0.550. The van der Waals surface area contributed by atoms with Crippen LogP contribution in [0.1, 0.15) is 40.5 Å². The molecule has 1 fully saturated rings. The summed E-state index contributed by atoms with van der Waals surface area (Å²) in [7, 11) is 0. The summed E-state index contributed by atoms with van der Waals surface area (Å²) in [4.78, 5) is 38.8. The van der Waals surface area contributed by atoms with Crippen molar-refractivity contribution in [3.8, 4) is 0 Å². The molecule has 0 radical (unpaired) electrons. The zero-order valence-corrected chi connectivity index (χ0v) is 18.1. The second kappa shape index (κ2) is 9.14. The van der Waals surface area contributed by atoms with E-state index in [0.717, 1.165) is 0 Å². The van der Waals surface area contributed by atoms with Crippen LogP contribution in [0.3, 0.4) is 0 Å². The number of carbonyl (C=O) groups is 3. The van der Waals surface area contributed by atoms with Crippen LogP contribution in [0.4, 0.5) is 5.69 Å². The lowest BCUT2D eigenvalue weighted by molar-refractivity contribution is -0.160. The third kappa shape index (κ3) is 5.85. The van der Waals surface area contributed by atoms with E-state index < -0.39 is 23.4 Å². The fourth-order valence-corrected chi connectivity index (χ4v) is 3.28.